The monoisotopic (exact) mass is 228 g/mol. The average Bonchev–Trinajstić information content (AvgIpc) is 2.57. The maximum atomic E-state index is 11.9. The van der Waals surface area contributed by atoms with Crippen molar-refractivity contribution in [3.8, 4) is 0 Å². The molecule has 0 aromatic carbocycles. The molecule has 0 heterocycles. The molecule has 1 fully saturated rings. The van der Waals surface area contributed by atoms with Crippen LogP contribution in [0.1, 0.15) is 53.4 Å². The molecule has 16 heavy (non-hydrogen) atoms. The minimum absolute atomic E-state index is 0.0176. The van der Waals surface area contributed by atoms with Crippen LogP contribution in [0, 0.1) is 11.3 Å². The lowest BCUT2D eigenvalue weighted by Crippen LogP contribution is -2.50. The Kier molecular flexibility index (Phi) is 4.00. The molecule has 2 unspecified atom stereocenters. The molecule has 1 aliphatic carbocycles. The van der Waals surface area contributed by atoms with Crippen molar-refractivity contribution in [2.24, 2.45) is 11.3 Å². The summed E-state index contributed by atoms with van der Waals surface area (Å²) in [5, 5.41) is 10.6. The summed E-state index contributed by atoms with van der Waals surface area (Å²) in [4.78, 5) is 11.9. The van der Waals surface area contributed by atoms with Gasteiger partial charge in [0.2, 0.25) is 0 Å². The average molecular weight is 228 g/mol. The molecule has 0 radical (unpaired) electrons. The number of carbonyl (C=O) groups excluding carboxylic acids is 1. The van der Waals surface area contributed by atoms with Gasteiger partial charge in [0.15, 0.2) is 5.60 Å². The molecule has 3 nitrogen and oxygen atoms in total. The van der Waals surface area contributed by atoms with Gasteiger partial charge in [0.25, 0.3) is 0 Å². The van der Waals surface area contributed by atoms with E-state index in [0.29, 0.717) is 13.0 Å². The summed E-state index contributed by atoms with van der Waals surface area (Å²) in [7, 11) is 0. The Bertz CT molecular complexity index is 260. The molecule has 94 valence electrons. The first-order valence-electron chi connectivity index (χ1n) is 6.28. The largest absolute Gasteiger partial charge is 0.464 e. The van der Waals surface area contributed by atoms with Gasteiger partial charge < -0.3 is 9.84 Å². The zero-order valence-electron chi connectivity index (χ0n) is 10.9. The van der Waals surface area contributed by atoms with E-state index >= 15 is 0 Å². The highest BCUT2D eigenvalue weighted by atomic mass is 16.5. The second-order valence-corrected chi connectivity index (χ2v) is 5.43. The molecular formula is C13H24O3. The first-order valence-corrected chi connectivity index (χ1v) is 6.28. The summed E-state index contributed by atoms with van der Waals surface area (Å²) in [5.41, 5.74) is -1.27. The topological polar surface area (TPSA) is 46.5 Å². The van der Waals surface area contributed by atoms with Crippen LogP contribution in [0.2, 0.25) is 0 Å². The fourth-order valence-corrected chi connectivity index (χ4v) is 3.00. The van der Waals surface area contributed by atoms with Gasteiger partial charge in [-0.1, -0.05) is 27.2 Å². The number of carbonyl (C=O) groups is 1. The smallest absolute Gasteiger partial charge is 0.338 e. The molecule has 1 N–H and O–H groups in total. The molecule has 0 spiro atoms. The molecule has 0 aliphatic heterocycles. The van der Waals surface area contributed by atoms with Gasteiger partial charge in [-0.15, -0.1) is 0 Å². The van der Waals surface area contributed by atoms with Gasteiger partial charge in [0.1, 0.15) is 0 Å². The Labute approximate surface area is 98.2 Å². The molecule has 0 amide bonds. The fourth-order valence-electron chi connectivity index (χ4n) is 3.00. The van der Waals surface area contributed by atoms with Gasteiger partial charge in [-0.2, -0.15) is 0 Å². The van der Waals surface area contributed by atoms with Crippen molar-refractivity contribution in [2.75, 3.05) is 6.61 Å². The molecular weight excluding hydrogens is 204 g/mol. The molecule has 2 atom stereocenters. The van der Waals surface area contributed by atoms with Gasteiger partial charge in [-0.3, -0.25) is 0 Å². The standard InChI is InChI=1S/C13H24O3/c1-5-13(15,11(14)16-6-2)10-8-7-9-12(10,3)4/h10,15H,5-9H2,1-4H3. The van der Waals surface area contributed by atoms with Gasteiger partial charge in [0, 0.05) is 5.92 Å². The van der Waals surface area contributed by atoms with Gasteiger partial charge in [-0.25, -0.2) is 4.79 Å². The third-order valence-corrected chi connectivity index (χ3v) is 4.00. The predicted molar refractivity (Wildman–Crippen MR) is 63.0 cm³/mol. The van der Waals surface area contributed by atoms with Crippen LogP contribution >= 0.6 is 0 Å². The Hall–Kier alpha value is -0.570. The number of esters is 1. The van der Waals surface area contributed by atoms with Crippen LogP contribution in [-0.4, -0.2) is 23.3 Å². The van der Waals surface area contributed by atoms with E-state index in [0.717, 1.165) is 19.3 Å². The van der Waals surface area contributed by atoms with Crippen LogP contribution < -0.4 is 0 Å². The van der Waals surface area contributed by atoms with E-state index in [1.807, 2.05) is 6.92 Å². The Morgan fingerprint density at radius 3 is 2.50 bits per heavy atom. The lowest BCUT2D eigenvalue weighted by molar-refractivity contribution is -0.176. The maximum absolute atomic E-state index is 11.9. The van der Waals surface area contributed by atoms with Crippen molar-refractivity contribution in [1.29, 1.82) is 0 Å². The van der Waals surface area contributed by atoms with Crippen LogP contribution in [0.15, 0.2) is 0 Å². The van der Waals surface area contributed by atoms with Gasteiger partial charge >= 0.3 is 5.97 Å². The highest BCUT2D eigenvalue weighted by Gasteiger charge is 2.52. The van der Waals surface area contributed by atoms with E-state index in [2.05, 4.69) is 13.8 Å². The molecule has 0 bridgehead atoms. The van der Waals surface area contributed by atoms with Crippen LogP contribution in [0.5, 0.6) is 0 Å². The van der Waals surface area contributed by atoms with Crippen molar-refractivity contribution in [3.05, 3.63) is 0 Å². The summed E-state index contributed by atoms with van der Waals surface area (Å²) >= 11 is 0. The van der Waals surface area contributed by atoms with Crippen molar-refractivity contribution >= 4 is 5.97 Å². The third kappa shape index (κ3) is 2.24. The first kappa shape index (κ1) is 13.5. The first-order chi connectivity index (χ1) is 7.38. The highest BCUT2D eigenvalue weighted by molar-refractivity contribution is 5.79. The van der Waals surface area contributed by atoms with Crippen LogP contribution in [0.4, 0.5) is 0 Å². The van der Waals surface area contributed by atoms with Crippen molar-refractivity contribution < 1.29 is 14.6 Å². The normalized spacial score (nSPS) is 27.4. The third-order valence-electron chi connectivity index (χ3n) is 4.00. The summed E-state index contributed by atoms with van der Waals surface area (Å²) in [6, 6.07) is 0. The lowest BCUT2D eigenvalue weighted by Gasteiger charge is -2.38. The van der Waals surface area contributed by atoms with Crippen molar-refractivity contribution in [3.63, 3.8) is 0 Å². The van der Waals surface area contributed by atoms with Crippen molar-refractivity contribution in [2.45, 2.75) is 59.0 Å². The second-order valence-electron chi connectivity index (χ2n) is 5.43. The Balaban J connectivity index is 2.91. The van der Waals surface area contributed by atoms with Crippen LogP contribution in [0.3, 0.4) is 0 Å². The summed E-state index contributed by atoms with van der Waals surface area (Å²) in [6.07, 6.45) is 3.49. The van der Waals surface area contributed by atoms with Gasteiger partial charge in [0.05, 0.1) is 6.61 Å². The predicted octanol–water partition coefficient (Wildman–Crippen LogP) is 2.52. The molecule has 1 rings (SSSR count). The second kappa shape index (κ2) is 4.74. The SMILES string of the molecule is CCOC(=O)C(O)(CC)C1CCCC1(C)C. The minimum atomic E-state index is -1.30. The molecule has 0 aromatic rings. The minimum Gasteiger partial charge on any atom is -0.464 e. The Morgan fingerprint density at radius 1 is 1.50 bits per heavy atom. The van der Waals surface area contributed by atoms with Crippen LogP contribution in [-0.2, 0) is 9.53 Å². The van der Waals surface area contributed by atoms with E-state index in [4.69, 9.17) is 4.74 Å². The van der Waals surface area contributed by atoms with E-state index < -0.39 is 11.6 Å². The zero-order valence-corrected chi connectivity index (χ0v) is 10.9. The molecule has 1 aliphatic rings. The number of rotatable bonds is 4. The Morgan fingerprint density at radius 2 is 2.12 bits per heavy atom. The molecule has 3 heteroatoms. The van der Waals surface area contributed by atoms with E-state index in [-0.39, 0.29) is 11.3 Å². The molecule has 1 saturated carbocycles. The number of ether oxygens (including phenoxy) is 1. The fraction of sp³-hybridized carbons (Fsp3) is 0.923. The highest BCUT2D eigenvalue weighted by Crippen LogP contribution is 2.49. The summed E-state index contributed by atoms with van der Waals surface area (Å²) < 4.78 is 5.01. The number of aliphatic hydroxyl groups is 1. The number of hydrogen-bond acceptors (Lipinski definition) is 3. The quantitative estimate of drug-likeness (QED) is 0.752. The van der Waals surface area contributed by atoms with E-state index in [9.17, 15) is 9.90 Å². The summed E-state index contributed by atoms with van der Waals surface area (Å²) in [6.45, 7) is 8.21. The van der Waals surface area contributed by atoms with E-state index in [1.165, 1.54) is 0 Å². The summed E-state index contributed by atoms with van der Waals surface area (Å²) in [5.74, 6) is -0.429. The molecule has 0 aromatic heterocycles. The van der Waals surface area contributed by atoms with Crippen molar-refractivity contribution in [1.82, 2.24) is 0 Å². The number of hydrogen-bond donors (Lipinski definition) is 1. The molecule has 0 saturated heterocycles. The lowest BCUT2D eigenvalue weighted by atomic mass is 9.70. The maximum Gasteiger partial charge on any atom is 0.338 e. The zero-order chi connectivity index (χ0) is 12.4. The van der Waals surface area contributed by atoms with Gasteiger partial charge in [-0.05, 0) is 31.6 Å². The van der Waals surface area contributed by atoms with Crippen LogP contribution in [0.25, 0.3) is 0 Å². The van der Waals surface area contributed by atoms with E-state index in [1.54, 1.807) is 6.92 Å².